The third kappa shape index (κ3) is 5.61. The molecule has 0 aromatic heterocycles. The molecule has 21 heavy (non-hydrogen) atoms. The molecule has 1 aromatic rings. The number of ether oxygens (including phenoxy) is 2. The molecule has 0 saturated carbocycles. The predicted octanol–water partition coefficient (Wildman–Crippen LogP) is 4.31. The van der Waals surface area contributed by atoms with E-state index in [4.69, 9.17) is 21.1 Å². The van der Waals surface area contributed by atoms with Crippen LogP contribution in [0.25, 0.3) is 0 Å². The summed E-state index contributed by atoms with van der Waals surface area (Å²) in [5.41, 5.74) is 2.19. The number of halogens is 1. The first-order valence-electron chi connectivity index (χ1n) is 7.69. The molecule has 0 spiro atoms. The summed E-state index contributed by atoms with van der Waals surface area (Å²) in [6.07, 6.45) is 5.73. The van der Waals surface area contributed by atoms with Crippen molar-refractivity contribution >= 4 is 11.6 Å². The van der Waals surface area contributed by atoms with E-state index in [1.54, 1.807) is 0 Å². The second-order valence-corrected chi connectivity index (χ2v) is 5.72. The molecule has 0 N–H and O–H groups in total. The van der Waals surface area contributed by atoms with Gasteiger partial charge in [-0.05, 0) is 56.4 Å². The van der Waals surface area contributed by atoms with Gasteiger partial charge in [0, 0.05) is 24.5 Å². The molecule has 0 radical (unpaired) electrons. The van der Waals surface area contributed by atoms with Gasteiger partial charge in [0.15, 0.2) is 0 Å². The van der Waals surface area contributed by atoms with Gasteiger partial charge < -0.3 is 9.47 Å². The molecule has 1 aromatic carbocycles. The standard InChI is InChI=1S/C18H23ClO2/c1-15-14-18(10-9-16(15)6-2-3-11-19)21-13-5-8-17-7-4-12-20-17/h9-10,14,17H,3-5,7-8,11-13H2,1H3. The van der Waals surface area contributed by atoms with Crippen LogP contribution in [0.15, 0.2) is 18.2 Å². The zero-order chi connectivity index (χ0) is 14.9. The first-order chi connectivity index (χ1) is 10.3. The molecule has 1 heterocycles. The van der Waals surface area contributed by atoms with Crippen LogP contribution in [-0.2, 0) is 4.74 Å². The third-order valence-corrected chi connectivity index (χ3v) is 3.79. The zero-order valence-corrected chi connectivity index (χ0v) is 13.4. The Morgan fingerprint density at radius 3 is 3.05 bits per heavy atom. The zero-order valence-electron chi connectivity index (χ0n) is 12.7. The van der Waals surface area contributed by atoms with Crippen LogP contribution < -0.4 is 4.74 Å². The smallest absolute Gasteiger partial charge is 0.119 e. The molecule has 1 saturated heterocycles. The van der Waals surface area contributed by atoms with Gasteiger partial charge in [0.1, 0.15) is 5.75 Å². The summed E-state index contributed by atoms with van der Waals surface area (Å²) < 4.78 is 11.4. The Kier molecular flexibility index (Phi) is 6.92. The van der Waals surface area contributed by atoms with Crippen LogP contribution >= 0.6 is 11.6 Å². The Balaban J connectivity index is 1.76. The maximum Gasteiger partial charge on any atom is 0.119 e. The average Bonchev–Trinajstić information content (AvgIpc) is 2.99. The normalized spacial score (nSPS) is 17.3. The van der Waals surface area contributed by atoms with Gasteiger partial charge in [-0.1, -0.05) is 11.8 Å². The van der Waals surface area contributed by atoms with E-state index in [-0.39, 0.29) is 0 Å². The monoisotopic (exact) mass is 306 g/mol. The molecule has 1 aliphatic rings. The molecule has 1 fully saturated rings. The van der Waals surface area contributed by atoms with Gasteiger partial charge in [0.2, 0.25) is 0 Å². The number of rotatable bonds is 6. The van der Waals surface area contributed by atoms with E-state index >= 15 is 0 Å². The quantitative estimate of drug-likeness (QED) is 0.443. The number of aryl methyl sites for hydroxylation is 1. The summed E-state index contributed by atoms with van der Waals surface area (Å²) in [5.74, 6) is 7.70. The van der Waals surface area contributed by atoms with Crippen molar-refractivity contribution in [3.63, 3.8) is 0 Å². The summed E-state index contributed by atoms with van der Waals surface area (Å²) in [7, 11) is 0. The summed E-state index contributed by atoms with van der Waals surface area (Å²) in [6.45, 7) is 3.73. The lowest BCUT2D eigenvalue weighted by Crippen LogP contribution is -2.07. The lowest BCUT2D eigenvalue weighted by molar-refractivity contribution is 0.0981. The van der Waals surface area contributed by atoms with E-state index in [1.807, 2.05) is 12.1 Å². The van der Waals surface area contributed by atoms with Crippen molar-refractivity contribution in [3.05, 3.63) is 29.3 Å². The minimum atomic E-state index is 0.454. The van der Waals surface area contributed by atoms with Crippen LogP contribution in [0.1, 0.15) is 43.2 Å². The first kappa shape index (κ1) is 16.2. The minimum Gasteiger partial charge on any atom is -0.494 e. The molecule has 2 nitrogen and oxygen atoms in total. The van der Waals surface area contributed by atoms with E-state index in [9.17, 15) is 0 Å². The Morgan fingerprint density at radius 1 is 1.43 bits per heavy atom. The summed E-state index contributed by atoms with van der Waals surface area (Å²) >= 11 is 5.62. The van der Waals surface area contributed by atoms with Gasteiger partial charge in [-0.2, -0.15) is 0 Å². The predicted molar refractivity (Wildman–Crippen MR) is 87.1 cm³/mol. The summed E-state index contributed by atoms with van der Waals surface area (Å²) in [6, 6.07) is 6.06. The highest BCUT2D eigenvalue weighted by molar-refractivity contribution is 6.18. The second kappa shape index (κ2) is 8.97. The van der Waals surface area contributed by atoms with Crippen molar-refractivity contribution in [1.82, 2.24) is 0 Å². The van der Waals surface area contributed by atoms with Gasteiger partial charge in [0.25, 0.3) is 0 Å². The molecule has 2 rings (SSSR count). The van der Waals surface area contributed by atoms with E-state index in [0.717, 1.165) is 49.4 Å². The van der Waals surface area contributed by atoms with E-state index in [1.165, 1.54) is 12.8 Å². The second-order valence-electron chi connectivity index (χ2n) is 5.34. The summed E-state index contributed by atoms with van der Waals surface area (Å²) in [4.78, 5) is 0. The van der Waals surface area contributed by atoms with E-state index in [2.05, 4.69) is 24.8 Å². The number of hydrogen-bond acceptors (Lipinski definition) is 2. The molecule has 1 atom stereocenters. The Bertz CT molecular complexity index is 496. The maximum atomic E-state index is 5.80. The third-order valence-electron chi connectivity index (χ3n) is 3.60. The van der Waals surface area contributed by atoms with Crippen LogP contribution in [0.4, 0.5) is 0 Å². The van der Waals surface area contributed by atoms with Crippen molar-refractivity contribution in [2.45, 2.75) is 45.1 Å². The molecule has 114 valence electrons. The fourth-order valence-corrected chi connectivity index (χ4v) is 2.54. The van der Waals surface area contributed by atoms with Gasteiger partial charge in [-0.15, -0.1) is 11.6 Å². The van der Waals surface area contributed by atoms with Crippen LogP contribution in [0.3, 0.4) is 0 Å². The number of alkyl halides is 1. The molecular weight excluding hydrogens is 284 g/mol. The molecule has 0 amide bonds. The Labute approximate surface area is 132 Å². The lowest BCUT2D eigenvalue weighted by atomic mass is 10.1. The topological polar surface area (TPSA) is 18.5 Å². The molecule has 0 aliphatic carbocycles. The van der Waals surface area contributed by atoms with E-state index in [0.29, 0.717) is 12.0 Å². The molecule has 1 unspecified atom stereocenters. The van der Waals surface area contributed by atoms with Crippen molar-refractivity contribution < 1.29 is 9.47 Å². The van der Waals surface area contributed by atoms with Crippen LogP contribution in [0.5, 0.6) is 5.75 Å². The summed E-state index contributed by atoms with van der Waals surface area (Å²) in [5, 5.41) is 0. The highest BCUT2D eigenvalue weighted by Crippen LogP contribution is 2.19. The average molecular weight is 307 g/mol. The SMILES string of the molecule is Cc1cc(OCCCC2CCCO2)ccc1C#CCCCl. The van der Waals surface area contributed by atoms with Crippen LogP contribution in [0, 0.1) is 18.8 Å². The first-order valence-corrected chi connectivity index (χ1v) is 8.23. The van der Waals surface area contributed by atoms with Gasteiger partial charge in [-0.25, -0.2) is 0 Å². The Hall–Kier alpha value is -1.17. The molecular formula is C18H23ClO2. The largest absolute Gasteiger partial charge is 0.494 e. The molecule has 0 bridgehead atoms. The van der Waals surface area contributed by atoms with Crippen molar-refractivity contribution in [3.8, 4) is 17.6 Å². The van der Waals surface area contributed by atoms with Crippen LogP contribution in [-0.4, -0.2) is 25.2 Å². The molecule has 3 heteroatoms. The molecule has 1 aliphatic heterocycles. The Morgan fingerprint density at radius 2 is 2.33 bits per heavy atom. The number of benzene rings is 1. The minimum absolute atomic E-state index is 0.454. The van der Waals surface area contributed by atoms with Gasteiger partial charge in [-0.3, -0.25) is 0 Å². The van der Waals surface area contributed by atoms with Crippen molar-refractivity contribution in [2.75, 3.05) is 19.1 Å². The van der Waals surface area contributed by atoms with Crippen molar-refractivity contribution in [2.24, 2.45) is 0 Å². The number of hydrogen-bond donors (Lipinski definition) is 0. The highest BCUT2D eigenvalue weighted by atomic mass is 35.5. The fraction of sp³-hybridized carbons (Fsp3) is 0.556. The highest BCUT2D eigenvalue weighted by Gasteiger charge is 2.14. The van der Waals surface area contributed by atoms with E-state index < -0.39 is 0 Å². The lowest BCUT2D eigenvalue weighted by Gasteiger charge is -2.10. The maximum absolute atomic E-state index is 5.80. The fourth-order valence-electron chi connectivity index (χ4n) is 2.44. The van der Waals surface area contributed by atoms with Gasteiger partial charge >= 0.3 is 0 Å². The van der Waals surface area contributed by atoms with Gasteiger partial charge in [0.05, 0.1) is 12.7 Å². The van der Waals surface area contributed by atoms with Crippen LogP contribution in [0.2, 0.25) is 0 Å². The van der Waals surface area contributed by atoms with Crippen molar-refractivity contribution in [1.29, 1.82) is 0 Å².